The summed E-state index contributed by atoms with van der Waals surface area (Å²) >= 11 is 0. The van der Waals surface area contributed by atoms with Crippen molar-refractivity contribution in [2.45, 2.75) is 6.92 Å². The molecule has 1 saturated heterocycles. The zero-order valence-corrected chi connectivity index (χ0v) is 8.14. The SMILES string of the molecule is C1CNCCN1.C=CC(=O)OCC. The largest absolute Gasteiger partial charge is 0.463 e. The predicted molar refractivity (Wildman–Crippen MR) is 52.6 cm³/mol. The molecule has 2 N–H and O–H groups in total. The van der Waals surface area contributed by atoms with Crippen LogP contribution in [0.5, 0.6) is 0 Å². The third-order valence-corrected chi connectivity index (χ3v) is 1.41. The molecule has 0 saturated carbocycles. The topological polar surface area (TPSA) is 50.4 Å². The van der Waals surface area contributed by atoms with E-state index >= 15 is 0 Å². The van der Waals surface area contributed by atoms with Crippen LogP contribution in [-0.4, -0.2) is 38.8 Å². The fraction of sp³-hybridized carbons (Fsp3) is 0.667. The van der Waals surface area contributed by atoms with E-state index in [1.54, 1.807) is 6.92 Å². The van der Waals surface area contributed by atoms with Gasteiger partial charge in [0.25, 0.3) is 0 Å². The minimum absolute atomic E-state index is 0.359. The van der Waals surface area contributed by atoms with E-state index in [4.69, 9.17) is 0 Å². The van der Waals surface area contributed by atoms with E-state index in [1.165, 1.54) is 0 Å². The minimum atomic E-state index is -0.359. The second-order valence-corrected chi connectivity index (χ2v) is 2.46. The van der Waals surface area contributed by atoms with Gasteiger partial charge in [0.05, 0.1) is 6.61 Å². The van der Waals surface area contributed by atoms with E-state index in [0.717, 1.165) is 32.3 Å². The molecule has 13 heavy (non-hydrogen) atoms. The van der Waals surface area contributed by atoms with E-state index in [1.807, 2.05) is 0 Å². The van der Waals surface area contributed by atoms with Crippen molar-refractivity contribution in [3.63, 3.8) is 0 Å². The molecule has 1 rings (SSSR count). The predicted octanol–water partition coefficient (Wildman–Crippen LogP) is -0.0853. The molecule has 0 aromatic heterocycles. The van der Waals surface area contributed by atoms with Crippen molar-refractivity contribution in [2.75, 3.05) is 32.8 Å². The smallest absolute Gasteiger partial charge is 0.330 e. The Balaban J connectivity index is 0.000000223. The van der Waals surface area contributed by atoms with Gasteiger partial charge in [0.1, 0.15) is 0 Å². The fourth-order valence-electron chi connectivity index (χ4n) is 0.805. The van der Waals surface area contributed by atoms with Gasteiger partial charge in [0.2, 0.25) is 0 Å². The van der Waals surface area contributed by atoms with Crippen molar-refractivity contribution in [1.29, 1.82) is 0 Å². The molecule has 4 heteroatoms. The number of nitrogens with one attached hydrogen (secondary N) is 2. The Hall–Kier alpha value is -0.870. The van der Waals surface area contributed by atoms with Crippen LogP contribution in [-0.2, 0) is 9.53 Å². The summed E-state index contributed by atoms with van der Waals surface area (Å²) in [6.45, 7) is 9.93. The summed E-state index contributed by atoms with van der Waals surface area (Å²) in [6.07, 6.45) is 1.14. The lowest BCUT2D eigenvalue weighted by Crippen LogP contribution is -2.39. The Morgan fingerprint density at radius 3 is 2.00 bits per heavy atom. The third-order valence-electron chi connectivity index (χ3n) is 1.41. The van der Waals surface area contributed by atoms with Gasteiger partial charge in [-0.25, -0.2) is 4.79 Å². The molecule has 0 spiro atoms. The summed E-state index contributed by atoms with van der Waals surface area (Å²) < 4.78 is 4.43. The lowest BCUT2D eigenvalue weighted by molar-refractivity contribution is -0.137. The van der Waals surface area contributed by atoms with E-state index in [2.05, 4.69) is 21.9 Å². The van der Waals surface area contributed by atoms with Gasteiger partial charge in [0, 0.05) is 32.3 Å². The molecule has 1 aliphatic heterocycles. The van der Waals surface area contributed by atoms with Gasteiger partial charge in [0.15, 0.2) is 0 Å². The Labute approximate surface area is 79.3 Å². The minimum Gasteiger partial charge on any atom is -0.463 e. The Morgan fingerprint density at radius 1 is 1.38 bits per heavy atom. The number of carbonyl (C=O) groups is 1. The highest BCUT2D eigenvalue weighted by Gasteiger charge is 1.91. The molecule has 1 aliphatic rings. The van der Waals surface area contributed by atoms with E-state index < -0.39 is 0 Å². The number of carbonyl (C=O) groups excluding carboxylic acids is 1. The molecule has 76 valence electrons. The van der Waals surface area contributed by atoms with Gasteiger partial charge >= 0.3 is 5.97 Å². The van der Waals surface area contributed by atoms with E-state index in [0.29, 0.717) is 6.61 Å². The monoisotopic (exact) mass is 186 g/mol. The van der Waals surface area contributed by atoms with Crippen LogP contribution < -0.4 is 10.6 Å². The summed E-state index contributed by atoms with van der Waals surface area (Å²) in [4.78, 5) is 10.1. The van der Waals surface area contributed by atoms with Crippen LogP contribution in [0.4, 0.5) is 0 Å². The maximum absolute atomic E-state index is 10.1. The lowest BCUT2D eigenvalue weighted by atomic mass is 10.4. The molecular weight excluding hydrogens is 168 g/mol. The second kappa shape index (κ2) is 9.22. The van der Waals surface area contributed by atoms with Crippen molar-refractivity contribution < 1.29 is 9.53 Å². The highest BCUT2D eigenvalue weighted by molar-refractivity contribution is 5.81. The molecule has 0 amide bonds. The summed E-state index contributed by atoms with van der Waals surface area (Å²) in [7, 11) is 0. The van der Waals surface area contributed by atoms with Gasteiger partial charge in [-0.05, 0) is 6.92 Å². The van der Waals surface area contributed by atoms with Gasteiger partial charge in [-0.2, -0.15) is 0 Å². The molecule has 0 radical (unpaired) electrons. The van der Waals surface area contributed by atoms with E-state index in [9.17, 15) is 4.79 Å². The number of piperazine rings is 1. The van der Waals surface area contributed by atoms with Crippen molar-refractivity contribution in [1.82, 2.24) is 10.6 Å². The zero-order valence-electron chi connectivity index (χ0n) is 8.14. The molecule has 0 atom stereocenters. The lowest BCUT2D eigenvalue weighted by Gasteiger charge is -2.11. The number of ether oxygens (including phenoxy) is 1. The van der Waals surface area contributed by atoms with Gasteiger partial charge < -0.3 is 15.4 Å². The molecular formula is C9H18N2O2. The molecule has 0 bridgehead atoms. The van der Waals surface area contributed by atoms with Gasteiger partial charge in [-0.3, -0.25) is 0 Å². The third kappa shape index (κ3) is 9.04. The first-order valence-corrected chi connectivity index (χ1v) is 4.52. The normalized spacial score (nSPS) is 15.2. The van der Waals surface area contributed by atoms with Gasteiger partial charge in [-0.15, -0.1) is 0 Å². The van der Waals surface area contributed by atoms with Crippen LogP contribution in [0.2, 0.25) is 0 Å². The Kier molecular flexibility index (Phi) is 8.60. The molecule has 1 heterocycles. The molecule has 0 aromatic rings. The summed E-state index contributed by atoms with van der Waals surface area (Å²) in [5, 5.41) is 6.44. The number of esters is 1. The zero-order chi connectivity index (χ0) is 9.94. The molecule has 0 aromatic carbocycles. The average molecular weight is 186 g/mol. The number of rotatable bonds is 2. The molecule has 0 aliphatic carbocycles. The van der Waals surface area contributed by atoms with Crippen LogP contribution in [0, 0.1) is 0 Å². The van der Waals surface area contributed by atoms with Crippen LogP contribution in [0.1, 0.15) is 6.92 Å². The van der Waals surface area contributed by atoms with Crippen LogP contribution >= 0.6 is 0 Å². The van der Waals surface area contributed by atoms with Gasteiger partial charge in [-0.1, -0.05) is 6.58 Å². The molecule has 0 unspecified atom stereocenters. The Bertz CT molecular complexity index is 133. The van der Waals surface area contributed by atoms with Crippen LogP contribution in [0.3, 0.4) is 0 Å². The quantitative estimate of drug-likeness (QED) is 0.467. The number of hydrogen-bond acceptors (Lipinski definition) is 4. The maximum atomic E-state index is 10.1. The average Bonchev–Trinajstić information content (AvgIpc) is 2.22. The first-order chi connectivity index (χ1) is 6.31. The molecule has 1 fully saturated rings. The first kappa shape index (κ1) is 12.1. The van der Waals surface area contributed by atoms with Crippen molar-refractivity contribution in [3.8, 4) is 0 Å². The van der Waals surface area contributed by atoms with Crippen LogP contribution in [0.25, 0.3) is 0 Å². The fourth-order valence-corrected chi connectivity index (χ4v) is 0.805. The second-order valence-electron chi connectivity index (χ2n) is 2.46. The first-order valence-electron chi connectivity index (χ1n) is 4.52. The maximum Gasteiger partial charge on any atom is 0.330 e. The van der Waals surface area contributed by atoms with E-state index in [-0.39, 0.29) is 5.97 Å². The van der Waals surface area contributed by atoms with Crippen molar-refractivity contribution in [3.05, 3.63) is 12.7 Å². The Morgan fingerprint density at radius 2 is 1.85 bits per heavy atom. The van der Waals surface area contributed by atoms with Crippen LogP contribution in [0.15, 0.2) is 12.7 Å². The highest BCUT2D eigenvalue weighted by atomic mass is 16.5. The van der Waals surface area contributed by atoms with Crippen molar-refractivity contribution >= 4 is 5.97 Å². The summed E-state index contributed by atoms with van der Waals surface area (Å²) in [6, 6.07) is 0. The molecule has 4 nitrogen and oxygen atoms in total. The van der Waals surface area contributed by atoms with Crippen molar-refractivity contribution in [2.24, 2.45) is 0 Å². The summed E-state index contributed by atoms with van der Waals surface area (Å²) in [5.41, 5.74) is 0. The standard InChI is InChI=1S/C5H8O2.C4H10N2/c1-3-5(6)7-4-2;1-2-6-4-3-5-1/h3H,1,4H2,2H3;5-6H,1-4H2. The highest BCUT2D eigenvalue weighted by Crippen LogP contribution is 1.74. The summed E-state index contributed by atoms with van der Waals surface area (Å²) in [5.74, 6) is -0.359. The number of hydrogen-bond donors (Lipinski definition) is 2.